The Morgan fingerprint density at radius 3 is 1.64 bits per heavy atom. The first-order valence-corrected chi connectivity index (χ1v) is 2.82. The highest BCUT2D eigenvalue weighted by Gasteiger charge is 2.13. The van der Waals surface area contributed by atoms with Crippen LogP contribution in [0.3, 0.4) is 0 Å². The van der Waals surface area contributed by atoms with Gasteiger partial charge in [-0.05, 0) is 0 Å². The molecule has 0 N–H and O–H groups in total. The molecule has 0 heterocycles. The molecule has 0 spiro atoms. The summed E-state index contributed by atoms with van der Waals surface area (Å²) in [5.74, 6) is 0. The van der Waals surface area contributed by atoms with Gasteiger partial charge in [0, 0.05) is 0 Å². The Hall–Kier alpha value is -0.810. The lowest BCUT2D eigenvalue weighted by Gasteiger charge is -2.15. The van der Waals surface area contributed by atoms with Crippen LogP contribution in [0.15, 0.2) is 0 Å². The van der Waals surface area contributed by atoms with Crippen LogP contribution in [0.25, 0.3) is 0 Å². The van der Waals surface area contributed by atoms with Gasteiger partial charge in [0.05, 0.1) is 13.1 Å². The van der Waals surface area contributed by atoms with Gasteiger partial charge in [0.1, 0.15) is 0 Å². The van der Waals surface area contributed by atoms with Crippen LogP contribution in [0.4, 0.5) is 17.6 Å². The number of alkyl halides is 4. The smallest absolute Gasteiger partial charge is 0.255 e. The number of hydrogen-bond acceptors (Lipinski definition) is 1. The molecular weight excluding hydrogens is 166 g/mol. The standard InChI is InChI=1S/C5H7F4NO/c6-4(7)1-10(3-11)2-5(8)9/h3-5H,1-2H2. The van der Waals surface area contributed by atoms with Crippen molar-refractivity contribution in [2.45, 2.75) is 12.9 Å². The van der Waals surface area contributed by atoms with E-state index < -0.39 is 25.9 Å². The normalized spacial score (nSPS) is 10.7. The molecule has 66 valence electrons. The second-order valence-corrected chi connectivity index (χ2v) is 1.84. The molecule has 0 atom stereocenters. The average molecular weight is 173 g/mol. The van der Waals surface area contributed by atoms with Gasteiger partial charge >= 0.3 is 0 Å². The molecule has 0 saturated carbocycles. The van der Waals surface area contributed by atoms with E-state index in [2.05, 4.69) is 0 Å². The summed E-state index contributed by atoms with van der Waals surface area (Å²) in [5, 5.41) is 0. The third kappa shape index (κ3) is 5.63. The van der Waals surface area contributed by atoms with Gasteiger partial charge in [-0.15, -0.1) is 0 Å². The van der Waals surface area contributed by atoms with E-state index in [-0.39, 0.29) is 6.41 Å². The van der Waals surface area contributed by atoms with E-state index >= 15 is 0 Å². The third-order valence-corrected chi connectivity index (χ3v) is 0.894. The summed E-state index contributed by atoms with van der Waals surface area (Å²) in [6, 6.07) is 0. The molecule has 0 bridgehead atoms. The number of halogens is 4. The lowest BCUT2D eigenvalue weighted by Crippen LogP contribution is -2.31. The van der Waals surface area contributed by atoms with E-state index in [9.17, 15) is 22.4 Å². The molecular formula is C5H7F4NO. The van der Waals surface area contributed by atoms with E-state index in [1.54, 1.807) is 0 Å². The summed E-state index contributed by atoms with van der Waals surface area (Å²) in [6.45, 7) is -1.87. The fraction of sp³-hybridized carbons (Fsp3) is 0.800. The molecule has 0 aromatic rings. The Morgan fingerprint density at radius 1 is 1.09 bits per heavy atom. The van der Waals surface area contributed by atoms with E-state index in [0.717, 1.165) is 0 Å². The molecule has 0 radical (unpaired) electrons. The molecule has 0 rings (SSSR count). The van der Waals surface area contributed by atoms with E-state index in [1.165, 1.54) is 0 Å². The Kier molecular flexibility index (Phi) is 4.56. The molecule has 0 saturated heterocycles. The van der Waals surface area contributed by atoms with Gasteiger partial charge in [-0.3, -0.25) is 4.79 Å². The minimum Gasteiger partial charge on any atom is -0.334 e. The first kappa shape index (κ1) is 10.2. The lowest BCUT2D eigenvalue weighted by atomic mass is 10.5. The molecule has 1 amide bonds. The zero-order valence-corrected chi connectivity index (χ0v) is 5.51. The molecule has 6 heteroatoms. The summed E-state index contributed by atoms with van der Waals surface area (Å²) >= 11 is 0. The molecule has 11 heavy (non-hydrogen) atoms. The van der Waals surface area contributed by atoms with Crippen molar-refractivity contribution in [2.24, 2.45) is 0 Å². The summed E-state index contributed by atoms with van der Waals surface area (Å²) in [5.41, 5.74) is 0. The fourth-order valence-corrected chi connectivity index (χ4v) is 0.515. The monoisotopic (exact) mass is 173 g/mol. The Morgan fingerprint density at radius 2 is 1.45 bits per heavy atom. The molecule has 0 aromatic heterocycles. The predicted molar refractivity (Wildman–Crippen MR) is 29.6 cm³/mol. The molecule has 0 aliphatic carbocycles. The van der Waals surface area contributed by atoms with Gasteiger partial charge in [0.25, 0.3) is 12.9 Å². The van der Waals surface area contributed by atoms with Crippen molar-refractivity contribution in [3.63, 3.8) is 0 Å². The average Bonchev–Trinajstić information content (AvgIpc) is 1.84. The van der Waals surface area contributed by atoms with Crippen molar-refractivity contribution < 1.29 is 22.4 Å². The molecule has 0 unspecified atom stereocenters. The van der Waals surface area contributed by atoms with Crippen LogP contribution in [0.5, 0.6) is 0 Å². The summed E-state index contributed by atoms with van der Waals surface area (Å²) in [6.07, 6.45) is -5.55. The minimum absolute atomic E-state index is 0.0156. The van der Waals surface area contributed by atoms with Gasteiger partial charge in [-0.2, -0.15) is 0 Å². The lowest BCUT2D eigenvalue weighted by molar-refractivity contribution is -0.121. The zero-order chi connectivity index (χ0) is 8.85. The van der Waals surface area contributed by atoms with Crippen molar-refractivity contribution in [3.05, 3.63) is 0 Å². The number of nitrogens with zero attached hydrogens (tertiary/aromatic N) is 1. The van der Waals surface area contributed by atoms with Crippen molar-refractivity contribution >= 4 is 6.41 Å². The van der Waals surface area contributed by atoms with Crippen molar-refractivity contribution in [2.75, 3.05) is 13.1 Å². The maximum atomic E-state index is 11.5. The molecule has 0 fully saturated rings. The van der Waals surface area contributed by atoms with Crippen molar-refractivity contribution in [1.29, 1.82) is 0 Å². The highest BCUT2D eigenvalue weighted by atomic mass is 19.3. The van der Waals surface area contributed by atoms with Crippen LogP contribution in [-0.2, 0) is 4.79 Å². The maximum Gasteiger partial charge on any atom is 0.255 e. The second-order valence-electron chi connectivity index (χ2n) is 1.84. The summed E-state index contributed by atoms with van der Waals surface area (Å²) < 4.78 is 45.9. The molecule has 0 aliphatic heterocycles. The molecule has 2 nitrogen and oxygen atoms in total. The van der Waals surface area contributed by atoms with Crippen LogP contribution in [0.2, 0.25) is 0 Å². The van der Waals surface area contributed by atoms with Crippen LogP contribution in [0, 0.1) is 0 Å². The Labute approximate surface area is 60.8 Å². The predicted octanol–water partition coefficient (Wildman–Crippen LogP) is 0.975. The maximum absolute atomic E-state index is 11.5. The topological polar surface area (TPSA) is 20.3 Å². The fourth-order valence-electron chi connectivity index (χ4n) is 0.515. The first-order valence-electron chi connectivity index (χ1n) is 2.82. The quantitative estimate of drug-likeness (QED) is 0.448. The number of carbonyl (C=O) groups excluding carboxylic acids is 1. The molecule has 0 aromatic carbocycles. The summed E-state index contributed by atoms with van der Waals surface area (Å²) in [4.78, 5) is 10.2. The van der Waals surface area contributed by atoms with Crippen LogP contribution < -0.4 is 0 Å². The number of hydrogen-bond donors (Lipinski definition) is 0. The summed E-state index contributed by atoms with van der Waals surface area (Å²) in [7, 11) is 0. The van der Waals surface area contributed by atoms with Gasteiger partial charge < -0.3 is 4.90 Å². The van der Waals surface area contributed by atoms with Gasteiger partial charge in [0.2, 0.25) is 6.41 Å². The number of carbonyl (C=O) groups is 1. The SMILES string of the molecule is O=CN(CC(F)F)CC(F)F. The minimum atomic E-state index is -2.76. The van der Waals surface area contributed by atoms with Crippen LogP contribution >= 0.6 is 0 Å². The first-order chi connectivity index (χ1) is 5.06. The van der Waals surface area contributed by atoms with Gasteiger partial charge in [-0.25, -0.2) is 17.6 Å². The van der Waals surface area contributed by atoms with E-state index in [4.69, 9.17) is 0 Å². The highest BCUT2D eigenvalue weighted by Crippen LogP contribution is 1.99. The highest BCUT2D eigenvalue weighted by molar-refractivity contribution is 5.46. The third-order valence-electron chi connectivity index (χ3n) is 0.894. The van der Waals surface area contributed by atoms with Crippen molar-refractivity contribution in [3.8, 4) is 0 Å². The van der Waals surface area contributed by atoms with Gasteiger partial charge in [-0.1, -0.05) is 0 Å². The van der Waals surface area contributed by atoms with Crippen molar-refractivity contribution in [1.82, 2.24) is 4.90 Å². The number of amides is 1. The number of rotatable bonds is 5. The zero-order valence-electron chi connectivity index (χ0n) is 5.51. The van der Waals surface area contributed by atoms with Crippen LogP contribution in [-0.4, -0.2) is 37.3 Å². The Balaban J connectivity index is 3.67. The van der Waals surface area contributed by atoms with E-state index in [0.29, 0.717) is 4.90 Å². The molecule has 0 aliphatic rings. The second kappa shape index (κ2) is 4.92. The Bertz CT molecular complexity index is 109. The van der Waals surface area contributed by atoms with Gasteiger partial charge in [0.15, 0.2) is 0 Å². The van der Waals surface area contributed by atoms with Crippen LogP contribution in [0.1, 0.15) is 0 Å². The van der Waals surface area contributed by atoms with E-state index in [1.807, 2.05) is 0 Å². The largest absolute Gasteiger partial charge is 0.334 e.